The molecule has 0 aliphatic carbocycles. The van der Waals surface area contributed by atoms with E-state index in [1.807, 2.05) is 59.9 Å². The number of hydrogen-bond donors (Lipinski definition) is 0. The number of aromatic nitrogens is 1. The van der Waals surface area contributed by atoms with Crippen molar-refractivity contribution >= 4 is 81.6 Å². The third-order valence-corrected chi connectivity index (χ3v) is 10.2. The largest absolute Gasteiger partial charge is 0.456 e. The van der Waals surface area contributed by atoms with E-state index in [1.54, 1.807) is 0 Å². The Kier molecular flexibility index (Phi) is 6.01. The minimum Gasteiger partial charge on any atom is -0.456 e. The van der Waals surface area contributed by atoms with E-state index in [-0.39, 0.29) is 0 Å². The average molecular weight is 635 g/mol. The van der Waals surface area contributed by atoms with Gasteiger partial charge in [0.15, 0.2) is 5.58 Å². The molecule has 0 atom stereocenters. The van der Waals surface area contributed by atoms with E-state index in [1.165, 1.54) is 20.2 Å². The highest BCUT2D eigenvalue weighted by molar-refractivity contribution is 7.25. The molecule has 0 amide bonds. The topological polar surface area (TPSA) is 42.4 Å². The maximum absolute atomic E-state index is 6.82. The predicted molar refractivity (Wildman–Crippen MR) is 200 cm³/mol. The van der Waals surface area contributed by atoms with Gasteiger partial charge in [-0.2, -0.15) is 0 Å². The highest BCUT2D eigenvalue weighted by Crippen LogP contribution is 2.50. The lowest BCUT2D eigenvalue weighted by Crippen LogP contribution is -2.12. The Morgan fingerprint density at radius 2 is 1.21 bits per heavy atom. The fourth-order valence-electron chi connectivity index (χ4n) is 6.94. The summed E-state index contributed by atoms with van der Waals surface area (Å²) in [6, 6.07) is 54.9. The van der Waals surface area contributed by atoms with E-state index in [4.69, 9.17) is 13.8 Å². The molecule has 0 saturated heterocycles. The number of furan rings is 1. The van der Waals surface area contributed by atoms with Crippen molar-refractivity contribution < 1.29 is 8.83 Å². The summed E-state index contributed by atoms with van der Waals surface area (Å²) in [4.78, 5) is 7.39. The molecule has 48 heavy (non-hydrogen) atoms. The maximum atomic E-state index is 6.82. The lowest BCUT2D eigenvalue weighted by atomic mass is 10.0. The third-order valence-electron chi connectivity index (χ3n) is 9.09. The van der Waals surface area contributed by atoms with Crippen LogP contribution in [0.5, 0.6) is 0 Å². The monoisotopic (exact) mass is 634 g/mol. The van der Waals surface area contributed by atoms with Gasteiger partial charge >= 0.3 is 0 Å². The molecular weight excluding hydrogens is 609 g/mol. The summed E-state index contributed by atoms with van der Waals surface area (Å²) in [5.41, 5.74) is 9.12. The van der Waals surface area contributed by atoms with Crippen molar-refractivity contribution in [3.63, 3.8) is 0 Å². The number of rotatable bonds is 5. The van der Waals surface area contributed by atoms with Gasteiger partial charge in [0, 0.05) is 48.4 Å². The van der Waals surface area contributed by atoms with E-state index in [9.17, 15) is 0 Å². The smallest absolute Gasteiger partial charge is 0.227 e. The quantitative estimate of drug-likeness (QED) is 0.189. The van der Waals surface area contributed by atoms with Crippen LogP contribution in [0.15, 0.2) is 167 Å². The van der Waals surface area contributed by atoms with E-state index in [0.29, 0.717) is 11.5 Å². The van der Waals surface area contributed by atoms with Crippen LogP contribution in [0.2, 0.25) is 0 Å². The van der Waals surface area contributed by atoms with Gasteiger partial charge in [0.1, 0.15) is 22.4 Å². The summed E-state index contributed by atoms with van der Waals surface area (Å²) < 4.78 is 15.9. The second kappa shape index (κ2) is 10.7. The third kappa shape index (κ3) is 4.18. The number of benzene rings is 7. The second-order valence-electron chi connectivity index (χ2n) is 11.9. The first-order valence-electron chi connectivity index (χ1n) is 16.0. The summed E-state index contributed by atoms with van der Waals surface area (Å²) in [6.07, 6.45) is 0. The second-order valence-corrected chi connectivity index (χ2v) is 13.0. The number of nitrogens with zero attached hydrogens (tertiary/aromatic N) is 2. The fraction of sp³-hybridized carbons (Fsp3) is 0. The van der Waals surface area contributed by atoms with Crippen LogP contribution in [0.1, 0.15) is 0 Å². The van der Waals surface area contributed by atoms with E-state index < -0.39 is 0 Å². The Bertz CT molecular complexity index is 2790. The Hall–Kier alpha value is -6.17. The number of anilines is 3. The first-order chi connectivity index (χ1) is 23.8. The van der Waals surface area contributed by atoms with E-state index >= 15 is 0 Å². The van der Waals surface area contributed by atoms with Crippen molar-refractivity contribution in [3.8, 4) is 22.6 Å². The number of fused-ring (bicyclic) bond motifs is 7. The minimum atomic E-state index is 0.570. The summed E-state index contributed by atoms with van der Waals surface area (Å²) in [7, 11) is 0. The molecule has 0 bridgehead atoms. The average Bonchev–Trinajstić information content (AvgIpc) is 3.85. The van der Waals surface area contributed by atoms with E-state index in [2.05, 4.69) is 114 Å². The van der Waals surface area contributed by atoms with Crippen LogP contribution in [-0.4, -0.2) is 4.98 Å². The molecule has 0 N–H and O–H groups in total. The van der Waals surface area contributed by atoms with Gasteiger partial charge in [-0.1, -0.05) is 109 Å². The van der Waals surface area contributed by atoms with E-state index in [0.717, 1.165) is 61.2 Å². The molecule has 4 nitrogen and oxygen atoms in total. The summed E-state index contributed by atoms with van der Waals surface area (Å²) in [5, 5.41) is 4.52. The fourth-order valence-corrected chi connectivity index (χ4v) is 8.08. The van der Waals surface area contributed by atoms with Gasteiger partial charge in [0.2, 0.25) is 5.89 Å². The van der Waals surface area contributed by atoms with Crippen molar-refractivity contribution in [1.29, 1.82) is 0 Å². The molecule has 5 heteroatoms. The summed E-state index contributed by atoms with van der Waals surface area (Å²) in [5.74, 6) is 0.570. The van der Waals surface area contributed by atoms with Crippen molar-refractivity contribution in [2.24, 2.45) is 0 Å². The summed E-state index contributed by atoms with van der Waals surface area (Å²) in [6.45, 7) is 0. The van der Waals surface area contributed by atoms with Crippen LogP contribution < -0.4 is 4.90 Å². The molecule has 0 aliphatic heterocycles. The van der Waals surface area contributed by atoms with Crippen molar-refractivity contribution in [1.82, 2.24) is 4.98 Å². The van der Waals surface area contributed by atoms with Gasteiger partial charge in [0.05, 0.1) is 11.1 Å². The summed E-state index contributed by atoms with van der Waals surface area (Å²) >= 11 is 1.82. The Balaban J connectivity index is 1.35. The van der Waals surface area contributed by atoms with Crippen LogP contribution in [-0.2, 0) is 0 Å². The van der Waals surface area contributed by atoms with Gasteiger partial charge in [-0.05, 0) is 48.0 Å². The zero-order valence-corrected chi connectivity index (χ0v) is 26.4. The number of thiophene rings is 1. The molecule has 0 fully saturated rings. The maximum Gasteiger partial charge on any atom is 0.227 e. The molecule has 3 heterocycles. The first kappa shape index (κ1) is 27.0. The molecule has 0 radical (unpaired) electrons. The number of hydrogen-bond acceptors (Lipinski definition) is 5. The molecule has 10 rings (SSSR count). The molecule has 10 aromatic rings. The first-order valence-corrected chi connectivity index (χ1v) is 16.8. The highest BCUT2D eigenvalue weighted by Gasteiger charge is 2.28. The van der Waals surface area contributed by atoms with Crippen molar-refractivity contribution in [2.75, 3.05) is 4.90 Å². The van der Waals surface area contributed by atoms with Crippen LogP contribution in [0.4, 0.5) is 17.1 Å². The van der Waals surface area contributed by atoms with Gasteiger partial charge in [-0.15, -0.1) is 11.3 Å². The highest BCUT2D eigenvalue weighted by atomic mass is 32.1. The van der Waals surface area contributed by atoms with Gasteiger partial charge in [-0.3, -0.25) is 0 Å². The van der Waals surface area contributed by atoms with Crippen LogP contribution in [0, 0.1) is 0 Å². The molecule has 0 unspecified atom stereocenters. The molecule has 0 saturated carbocycles. The zero-order chi connectivity index (χ0) is 31.6. The van der Waals surface area contributed by atoms with Gasteiger partial charge in [-0.25, -0.2) is 4.98 Å². The Morgan fingerprint density at radius 1 is 0.521 bits per heavy atom. The lowest BCUT2D eigenvalue weighted by molar-refractivity contribution is 0.620. The SMILES string of the molecule is c1ccc(-c2nc3cc4oc5ccccc5c4c(N(c4ccc5c(c4)sc4ccccc45)c4ccccc4-c4ccccc4)c3o2)cc1. The Labute approximate surface area is 279 Å². The predicted octanol–water partition coefficient (Wildman–Crippen LogP) is 12.9. The molecule has 3 aromatic heterocycles. The van der Waals surface area contributed by atoms with Crippen LogP contribution in [0.3, 0.4) is 0 Å². The standard InChI is InChI=1S/C43H26N2O2S/c1-3-13-27(14-4-1)30-17-7-10-20-35(30)45(29-23-24-32-31-18-9-12-22-38(31)48-39(32)25-29)41-40-33-19-8-11-21-36(33)46-37(40)26-34-42(41)47-43(44-34)28-15-5-2-6-16-28/h1-26H. The Morgan fingerprint density at radius 3 is 2.06 bits per heavy atom. The number of para-hydroxylation sites is 2. The zero-order valence-electron chi connectivity index (χ0n) is 25.6. The van der Waals surface area contributed by atoms with Crippen LogP contribution >= 0.6 is 11.3 Å². The number of oxazole rings is 1. The molecule has 0 spiro atoms. The molecular formula is C43H26N2O2S. The molecule has 7 aromatic carbocycles. The molecule has 226 valence electrons. The van der Waals surface area contributed by atoms with Gasteiger partial charge in [0.25, 0.3) is 0 Å². The van der Waals surface area contributed by atoms with Crippen molar-refractivity contribution in [2.45, 2.75) is 0 Å². The van der Waals surface area contributed by atoms with Crippen molar-refractivity contribution in [3.05, 3.63) is 158 Å². The minimum absolute atomic E-state index is 0.570. The van der Waals surface area contributed by atoms with Crippen LogP contribution in [0.25, 0.3) is 75.8 Å². The van der Waals surface area contributed by atoms with Gasteiger partial charge < -0.3 is 13.7 Å². The molecule has 0 aliphatic rings. The lowest BCUT2D eigenvalue weighted by Gasteiger charge is -2.28. The normalized spacial score (nSPS) is 11.8.